The van der Waals surface area contributed by atoms with E-state index >= 15 is 0 Å². The zero-order valence-corrected chi connectivity index (χ0v) is 14.5. The van der Waals surface area contributed by atoms with Crippen molar-refractivity contribution in [1.82, 2.24) is 9.88 Å². The lowest BCUT2D eigenvalue weighted by Gasteiger charge is -2.36. The molecule has 4 nitrogen and oxygen atoms in total. The fraction of sp³-hybridized carbons (Fsp3) is 0.474. The molecule has 0 N–H and O–H groups in total. The second kappa shape index (κ2) is 6.93. The monoisotopic (exact) mass is 342 g/mol. The van der Waals surface area contributed by atoms with Gasteiger partial charge in [0.2, 0.25) is 5.91 Å². The predicted octanol–water partition coefficient (Wildman–Crippen LogP) is 4.15. The Bertz CT molecular complexity index is 701. The van der Waals surface area contributed by atoms with E-state index < -0.39 is 0 Å². The lowest BCUT2D eigenvalue weighted by molar-refractivity contribution is -0.135. The van der Waals surface area contributed by atoms with Crippen molar-refractivity contribution < 1.29 is 9.53 Å². The summed E-state index contributed by atoms with van der Waals surface area (Å²) >= 11 is 1.66. The summed E-state index contributed by atoms with van der Waals surface area (Å²) in [7, 11) is 0. The smallest absolute Gasteiger partial charge is 0.223 e. The Hall–Kier alpha value is -1.88. The molecule has 5 heteroatoms. The molecule has 1 amide bonds. The number of hydrogen-bond donors (Lipinski definition) is 0. The van der Waals surface area contributed by atoms with Gasteiger partial charge in [0.25, 0.3) is 0 Å². The molecule has 24 heavy (non-hydrogen) atoms. The molecule has 1 fully saturated rings. The van der Waals surface area contributed by atoms with Gasteiger partial charge >= 0.3 is 0 Å². The molecule has 0 unspecified atom stereocenters. The average molecular weight is 342 g/mol. The molecule has 0 aliphatic carbocycles. The van der Waals surface area contributed by atoms with Gasteiger partial charge in [0.1, 0.15) is 10.8 Å². The highest BCUT2D eigenvalue weighted by Gasteiger charge is 2.32. The Morgan fingerprint density at radius 1 is 1.29 bits per heavy atom. The first kappa shape index (κ1) is 15.6. The van der Waals surface area contributed by atoms with Crippen LogP contribution in [-0.2, 0) is 4.79 Å². The number of benzene rings is 1. The van der Waals surface area contributed by atoms with Gasteiger partial charge in [-0.1, -0.05) is 18.2 Å². The van der Waals surface area contributed by atoms with Gasteiger partial charge in [-0.05, 0) is 43.2 Å². The normalized spacial score (nSPS) is 23.4. The molecule has 4 rings (SSSR count). The molecule has 3 heterocycles. The van der Waals surface area contributed by atoms with Crippen molar-refractivity contribution in [2.24, 2.45) is 0 Å². The third kappa shape index (κ3) is 3.05. The van der Waals surface area contributed by atoms with Crippen molar-refractivity contribution in [3.8, 4) is 5.75 Å². The molecule has 0 spiro atoms. The summed E-state index contributed by atoms with van der Waals surface area (Å²) in [6.45, 7) is 1.55. The lowest BCUT2D eigenvalue weighted by atomic mass is 9.89. The largest absolute Gasteiger partial charge is 0.493 e. The Kier molecular flexibility index (Phi) is 4.52. The van der Waals surface area contributed by atoms with Gasteiger partial charge in [-0.2, -0.15) is 0 Å². The van der Waals surface area contributed by atoms with Crippen molar-refractivity contribution in [1.29, 1.82) is 0 Å². The molecule has 126 valence electrons. The van der Waals surface area contributed by atoms with Gasteiger partial charge in [0.15, 0.2) is 0 Å². The number of carbonyl (C=O) groups is 1. The minimum Gasteiger partial charge on any atom is -0.493 e. The van der Waals surface area contributed by atoms with Gasteiger partial charge in [-0.15, -0.1) is 11.3 Å². The molecular weight excluding hydrogens is 320 g/mol. The van der Waals surface area contributed by atoms with E-state index in [-0.39, 0.29) is 17.9 Å². The fourth-order valence-electron chi connectivity index (χ4n) is 3.84. The van der Waals surface area contributed by atoms with E-state index in [1.165, 1.54) is 12.0 Å². The van der Waals surface area contributed by atoms with E-state index in [4.69, 9.17) is 4.74 Å². The zero-order valence-electron chi connectivity index (χ0n) is 13.7. The van der Waals surface area contributed by atoms with Crippen LogP contribution in [0.4, 0.5) is 0 Å². The SMILES string of the molecule is O=C(C[C@@H]1CCOc2ccccc21)N1CCCC[C@H]1c1nccs1. The molecular formula is C19H22N2O2S. The molecule has 1 aromatic carbocycles. The third-order valence-electron chi connectivity index (χ3n) is 5.06. The number of hydrogen-bond acceptors (Lipinski definition) is 4. The first-order valence-corrected chi connectivity index (χ1v) is 9.61. The number of rotatable bonds is 3. The van der Waals surface area contributed by atoms with Crippen LogP contribution in [0.3, 0.4) is 0 Å². The summed E-state index contributed by atoms with van der Waals surface area (Å²) in [5, 5.41) is 3.08. The Morgan fingerprint density at radius 3 is 3.08 bits per heavy atom. The topological polar surface area (TPSA) is 42.4 Å². The quantitative estimate of drug-likeness (QED) is 0.841. The predicted molar refractivity (Wildman–Crippen MR) is 94.3 cm³/mol. The number of likely N-dealkylation sites (tertiary alicyclic amines) is 1. The van der Waals surface area contributed by atoms with Crippen LogP contribution in [-0.4, -0.2) is 28.9 Å². The molecule has 2 atom stereocenters. The Morgan fingerprint density at radius 2 is 2.21 bits per heavy atom. The van der Waals surface area contributed by atoms with Gasteiger partial charge < -0.3 is 9.64 Å². The Labute approximate surface area is 146 Å². The van der Waals surface area contributed by atoms with Crippen LogP contribution < -0.4 is 4.74 Å². The minimum absolute atomic E-state index is 0.168. The molecule has 2 aliphatic rings. The number of piperidine rings is 1. The molecule has 0 radical (unpaired) electrons. The summed E-state index contributed by atoms with van der Waals surface area (Å²) in [6, 6.07) is 8.30. The van der Waals surface area contributed by atoms with E-state index in [1.54, 1.807) is 11.3 Å². The average Bonchev–Trinajstić information content (AvgIpc) is 3.16. The second-order valence-corrected chi connectivity index (χ2v) is 7.47. The van der Waals surface area contributed by atoms with Crippen molar-refractivity contribution in [2.75, 3.05) is 13.2 Å². The van der Waals surface area contributed by atoms with Crippen LogP contribution in [0, 0.1) is 0 Å². The number of fused-ring (bicyclic) bond motifs is 1. The molecule has 0 bridgehead atoms. The maximum absolute atomic E-state index is 13.0. The number of aromatic nitrogens is 1. The van der Waals surface area contributed by atoms with Crippen molar-refractivity contribution in [3.63, 3.8) is 0 Å². The third-order valence-corrected chi connectivity index (χ3v) is 5.94. The zero-order chi connectivity index (χ0) is 16.4. The number of para-hydroxylation sites is 1. The van der Waals surface area contributed by atoms with Crippen LogP contribution in [0.2, 0.25) is 0 Å². The van der Waals surface area contributed by atoms with Gasteiger partial charge in [-0.25, -0.2) is 4.98 Å². The molecule has 1 aromatic heterocycles. The van der Waals surface area contributed by atoms with Crippen molar-refractivity contribution in [2.45, 2.75) is 44.1 Å². The van der Waals surface area contributed by atoms with E-state index in [9.17, 15) is 4.79 Å². The van der Waals surface area contributed by atoms with E-state index in [0.29, 0.717) is 13.0 Å². The van der Waals surface area contributed by atoms with Crippen molar-refractivity contribution in [3.05, 3.63) is 46.4 Å². The van der Waals surface area contributed by atoms with Crippen LogP contribution in [0.5, 0.6) is 5.75 Å². The summed E-state index contributed by atoms with van der Waals surface area (Å²) in [6.07, 6.45) is 6.63. The molecule has 2 aliphatic heterocycles. The first-order valence-electron chi connectivity index (χ1n) is 8.73. The minimum atomic E-state index is 0.168. The number of thiazole rings is 1. The number of amides is 1. The van der Waals surface area contributed by atoms with Crippen LogP contribution in [0.25, 0.3) is 0 Å². The van der Waals surface area contributed by atoms with Crippen LogP contribution in [0.1, 0.15) is 54.6 Å². The summed E-state index contributed by atoms with van der Waals surface area (Å²) in [4.78, 5) is 19.6. The van der Waals surface area contributed by atoms with Gasteiger partial charge in [0.05, 0.1) is 12.6 Å². The maximum atomic E-state index is 13.0. The standard InChI is InChI=1S/C19H22N2O2S/c22-18(13-14-8-11-23-17-7-2-1-5-15(14)17)21-10-4-3-6-16(21)19-20-9-12-24-19/h1-2,5,7,9,12,14,16H,3-4,6,8,10-11,13H2/t14-,16-/m0/s1. The van der Waals surface area contributed by atoms with Crippen molar-refractivity contribution >= 4 is 17.2 Å². The summed E-state index contributed by atoms with van der Waals surface area (Å²) in [5.41, 5.74) is 1.18. The van der Waals surface area contributed by atoms with E-state index in [0.717, 1.165) is 36.6 Å². The highest BCUT2D eigenvalue weighted by atomic mass is 32.1. The first-order chi connectivity index (χ1) is 11.8. The van der Waals surface area contributed by atoms with Gasteiger partial charge in [-0.3, -0.25) is 4.79 Å². The fourth-order valence-corrected chi connectivity index (χ4v) is 4.63. The van der Waals surface area contributed by atoms with Crippen LogP contribution >= 0.6 is 11.3 Å². The number of ether oxygens (including phenoxy) is 1. The number of carbonyl (C=O) groups excluding carboxylic acids is 1. The summed E-state index contributed by atoms with van der Waals surface area (Å²) < 4.78 is 5.73. The lowest BCUT2D eigenvalue weighted by Crippen LogP contribution is -2.39. The molecule has 0 saturated carbocycles. The van der Waals surface area contributed by atoms with E-state index in [2.05, 4.69) is 16.0 Å². The maximum Gasteiger partial charge on any atom is 0.223 e. The summed E-state index contributed by atoms with van der Waals surface area (Å²) in [5.74, 6) is 1.47. The second-order valence-electron chi connectivity index (χ2n) is 6.55. The molecule has 1 saturated heterocycles. The molecule has 2 aromatic rings. The Balaban J connectivity index is 1.51. The highest BCUT2D eigenvalue weighted by Crippen LogP contribution is 2.38. The van der Waals surface area contributed by atoms with Crippen LogP contribution in [0.15, 0.2) is 35.8 Å². The van der Waals surface area contributed by atoms with E-state index in [1.807, 2.05) is 29.8 Å². The number of nitrogens with zero attached hydrogens (tertiary/aromatic N) is 2. The highest BCUT2D eigenvalue weighted by molar-refractivity contribution is 7.09. The van der Waals surface area contributed by atoms with Gasteiger partial charge in [0, 0.05) is 24.5 Å².